The molecule has 0 saturated carbocycles. The normalized spacial score (nSPS) is 13.3. The molecule has 1 unspecified atom stereocenters. The van der Waals surface area contributed by atoms with Crippen LogP contribution in [0.1, 0.15) is 28.7 Å². The second-order valence-corrected chi connectivity index (χ2v) is 7.39. The van der Waals surface area contributed by atoms with Gasteiger partial charge in [-0.1, -0.05) is 23.7 Å². The van der Waals surface area contributed by atoms with Crippen molar-refractivity contribution in [3.05, 3.63) is 39.9 Å². The van der Waals surface area contributed by atoms with E-state index in [1.54, 1.807) is 26.0 Å². The van der Waals surface area contributed by atoms with Gasteiger partial charge in [-0.2, -0.15) is 0 Å². The Morgan fingerprint density at radius 3 is 2.56 bits per heavy atom. The van der Waals surface area contributed by atoms with E-state index in [1.807, 2.05) is 12.1 Å². The predicted octanol–water partition coefficient (Wildman–Crippen LogP) is 3.38. The lowest BCUT2D eigenvalue weighted by Crippen LogP contribution is -2.50. The fraction of sp³-hybridized carbons (Fsp3) is 0.353. The molecule has 6 nitrogen and oxygen atoms in total. The molecule has 2 N–H and O–H groups in total. The van der Waals surface area contributed by atoms with Gasteiger partial charge >= 0.3 is 5.97 Å². The summed E-state index contributed by atoms with van der Waals surface area (Å²) in [7, 11) is 1.46. The minimum Gasteiger partial charge on any atom is -0.481 e. The average Bonchev–Trinajstić information content (AvgIpc) is 2.89. The standard InChI is InChI=1S/C17H19ClN2O4S/c1-10-14(15(23)20-17(2,9-24-3)8-13(21)22)25-16(19-10)11-4-6-12(18)7-5-11/h4-7H,8-9H2,1-3H3,(H,20,23)(H,21,22). The first-order valence-corrected chi connectivity index (χ1v) is 8.70. The molecule has 1 atom stereocenters. The Labute approximate surface area is 154 Å². The van der Waals surface area contributed by atoms with E-state index in [0.29, 0.717) is 20.6 Å². The summed E-state index contributed by atoms with van der Waals surface area (Å²) in [5.74, 6) is -1.38. The van der Waals surface area contributed by atoms with Gasteiger partial charge < -0.3 is 15.2 Å². The lowest BCUT2D eigenvalue weighted by atomic mass is 9.99. The third-order valence-electron chi connectivity index (χ3n) is 3.51. The SMILES string of the molecule is COCC(C)(CC(=O)O)NC(=O)c1sc(-c2ccc(Cl)cc2)nc1C. The van der Waals surface area contributed by atoms with Crippen LogP contribution in [0.5, 0.6) is 0 Å². The highest BCUT2D eigenvalue weighted by molar-refractivity contribution is 7.17. The number of carbonyl (C=O) groups is 2. The number of hydrogen-bond donors (Lipinski definition) is 2. The molecule has 0 radical (unpaired) electrons. The van der Waals surface area contributed by atoms with Gasteiger partial charge in [-0.3, -0.25) is 9.59 Å². The number of carbonyl (C=O) groups excluding carboxylic acids is 1. The molecule has 2 rings (SSSR count). The molecule has 8 heteroatoms. The highest BCUT2D eigenvalue weighted by Crippen LogP contribution is 2.29. The van der Waals surface area contributed by atoms with Crippen LogP contribution in [0.15, 0.2) is 24.3 Å². The van der Waals surface area contributed by atoms with Gasteiger partial charge in [0.1, 0.15) is 9.88 Å². The number of ether oxygens (including phenoxy) is 1. The average molecular weight is 383 g/mol. The van der Waals surface area contributed by atoms with Crippen LogP contribution in [0.2, 0.25) is 5.02 Å². The Morgan fingerprint density at radius 2 is 2.00 bits per heavy atom. The molecule has 0 aliphatic carbocycles. The third-order valence-corrected chi connectivity index (χ3v) is 4.97. The van der Waals surface area contributed by atoms with Gasteiger partial charge in [-0.05, 0) is 26.0 Å². The minimum atomic E-state index is -1.01. The zero-order chi connectivity index (χ0) is 18.6. The van der Waals surface area contributed by atoms with E-state index in [0.717, 1.165) is 5.56 Å². The highest BCUT2D eigenvalue weighted by Gasteiger charge is 2.31. The molecule has 25 heavy (non-hydrogen) atoms. The number of methoxy groups -OCH3 is 1. The van der Waals surface area contributed by atoms with Crippen molar-refractivity contribution in [1.82, 2.24) is 10.3 Å². The van der Waals surface area contributed by atoms with Crippen LogP contribution in [0.4, 0.5) is 0 Å². The first-order valence-electron chi connectivity index (χ1n) is 7.51. The van der Waals surface area contributed by atoms with E-state index in [-0.39, 0.29) is 18.9 Å². The minimum absolute atomic E-state index is 0.0902. The monoisotopic (exact) mass is 382 g/mol. The number of nitrogens with zero attached hydrogens (tertiary/aromatic N) is 1. The van der Waals surface area contributed by atoms with Gasteiger partial charge in [0.25, 0.3) is 5.91 Å². The van der Waals surface area contributed by atoms with E-state index >= 15 is 0 Å². The fourth-order valence-electron chi connectivity index (χ4n) is 2.44. The molecule has 1 aromatic heterocycles. The van der Waals surface area contributed by atoms with Crippen molar-refractivity contribution in [3.8, 4) is 10.6 Å². The molecule has 1 heterocycles. The molecule has 0 fully saturated rings. The zero-order valence-corrected chi connectivity index (χ0v) is 15.7. The van der Waals surface area contributed by atoms with E-state index in [9.17, 15) is 9.59 Å². The highest BCUT2D eigenvalue weighted by atomic mass is 35.5. The van der Waals surface area contributed by atoms with Gasteiger partial charge in [0.2, 0.25) is 0 Å². The molecule has 0 saturated heterocycles. The van der Waals surface area contributed by atoms with Gasteiger partial charge in [0.15, 0.2) is 0 Å². The number of hydrogen-bond acceptors (Lipinski definition) is 5. The van der Waals surface area contributed by atoms with E-state index < -0.39 is 11.5 Å². The van der Waals surface area contributed by atoms with Crippen LogP contribution in [0.25, 0.3) is 10.6 Å². The van der Waals surface area contributed by atoms with Crippen molar-refractivity contribution in [2.45, 2.75) is 25.8 Å². The Morgan fingerprint density at radius 1 is 1.36 bits per heavy atom. The Hall–Kier alpha value is -1.96. The van der Waals surface area contributed by atoms with Crippen LogP contribution in [-0.2, 0) is 9.53 Å². The summed E-state index contributed by atoms with van der Waals surface area (Å²) in [5.41, 5.74) is 0.443. The molecule has 134 valence electrons. The zero-order valence-electron chi connectivity index (χ0n) is 14.1. The number of halogens is 1. The van der Waals surface area contributed by atoms with Crippen LogP contribution in [-0.4, -0.2) is 41.2 Å². The van der Waals surface area contributed by atoms with Gasteiger partial charge in [0, 0.05) is 17.7 Å². The summed E-state index contributed by atoms with van der Waals surface area (Å²) in [6.07, 6.45) is -0.242. The summed E-state index contributed by atoms with van der Waals surface area (Å²) in [6.45, 7) is 3.47. The van der Waals surface area contributed by atoms with Crippen LogP contribution >= 0.6 is 22.9 Å². The summed E-state index contributed by atoms with van der Waals surface area (Å²) < 4.78 is 5.06. The van der Waals surface area contributed by atoms with Gasteiger partial charge in [-0.15, -0.1) is 11.3 Å². The maximum Gasteiger partial charge on any atom is 0.305 e. The second-order valence-electron chi connectivity index (χ2n) is 5.96. The fourth-order valence-corrected chi connectivity index (χ4v) is 3.53. The molecule has 1 aromatic carbocycles. The largest absolute Gasteiger partial charge is 0.481 e. The maximum absolute atomic E-state index is 12.6. The van der Waals surface area contributed by atoms with Crippen LogP contribution < -0.4 is 5.32 Å². The molecule has 2 aromatic rings. The number of amides is 1. The molecular formula is C17H19ClN2O4S. The van der Waals surface area contributed by atoms with Gasteiger partial charge in [-0.25, -0.2) is 4.98 Å². The third kappa shape index (κ3) is 5.01. The lowest BCUT2D eigenvalue weighted by molar-refractivity contribution is -0.139. The smallest absolute Gasteiger partial charge is 0.305 e. The van der Waals surface area contributed by atoms with Crippen molar-refractivity contribution in [3.63, 3.8) is 0 Å². The summed E-state index contributed by atoms with van der Waals surface area (Å²) >= 11 is 7.14. The quantitative estimate of drug-likeness (QED) is 0.766. The number of benzene rings is 1. The summed E-state index contributed by atoms with van der Waals surface area (Å²) in [6, 6.07) is 7.19. The molecular weight excluding hydrogens is 364 g/mol. The Kier molecular flexibility index (Phi) is 6.16. The molecule has 0 bridgehead atoms. The number of aliphatic carboxylic acids is 1. The Bertz CT molecular complexity index is 775. The number of carboxylic acids is 1. The van der Waals surface area contributed by atoms with Crippen molar-refractivity contribution in [1.29, 1.82) is 0 Å². The van der Waals surface area contributed by atoms with E-state index in [4.69, 9.17) is 21.4 Å². The first kappa shape index (κ1) is 19.4. The summed E-state index contributed by atoms with van der Waals surface area (Å²) in [4.78, 5) is 28.6. The van der Waals surface area contributed by atoms with E-state index in [1.165, 1.54) is 18.4 Å². The predicted molar refractivity (Wildman–Crippen MR) is 97.3 cm³/mol. The molecule has 1 amide bonds. The first-order chi connectivity index (χ1) is 11.7. The Balaban J connectivity index is 2.24. The molecule has 0 aliphatic rings. The van der Waals surface area contributed by atoms with Crippen molar-refractivity contribution in [2.75, 3.05) is 13.7 Å². The van der Waals surface area contributed by atoms with E-state index in [2.05, 4.69) is 10.3 Å². The number of carboxylic acid groups (broad SMARTS) is 1. The summed E-state index contributed by atoms with van der Waals surface area (Å²) in [5, 5.41) is 13.1. The number of nitrogens with one attached hydrogen (secondary N) is 1. The number of rotatable bonds is 7. The van der Waals surface area contributed by atoms with Crippen molar-refractivity contribution < 1.29 is 19.4 Å². The molecule has 0 aliphatic heterocycles. The number of aromatic nitrogens is 1. The number of aryl methyl sites for hydroxylation is 1. The number of thiazole rings is 1. The second kappa shape index (κ2) is 7.95. The maximum atomic E-state index is 12.6. The van der Waals surface area contributed by atoms with Crippen LogP contribution in [0.3, 0.4) is 0 Å². The lowest BCUT2D eigenvalue weighted by Gasteiger charge is -2.28. The van der Waals surface area contributed by atoms with Crippen molar-refractivity contribution >= 4 is 34.8 Å². The van der Waals surface area contributed by atoms with Crippen LogP contribution in [0, 0.1) is 6.92 Å². The molecule has 0 spiro atoms. The van der Waals surface area contributed by atoms with Gasteiger partial charge in [0.05, 0.1) is 24.3 Å². The van der Waals surface area contributed by atoms with Crippen molar-refractivity contribution in [2.24, 2.45) is 0 Å². The topological polar surface area (TPSA) is 88.5 Å².